The maximum Gasteiger partial charge on any atom is 0.252 e. The first-order valence-electron chi connectivity index (χ1n) is 8.79. The van der Waals surface area contributed by atoms with Crippen LogP contribution in [-0.2, 0) is 21.3 Å². The second-order valence-electron chi connectivity index (χ2n) is 6.31. The summed E-state index contributed by atoms with van der Waals surface area (Å²) in [6, 6.07) is 3.50. The molecule has 26 heavy (non-hydrogen) atoms. The van der Waals surface area contributed by atoms with Crippen molar-refractivity contribution in [1.29, 1.82) is 0 Å². The summed E-state index contributed by atoms with van der Waals surface area (Å²) in [5.41, 5.74) is 6.12. The number of halogens is 1. The van der Waals surface area contributed by atoms with E-state index in [-0.39, 0.29) is 24.0 Å². The maximum atomic E-state index is 12.6. The highest BCUT2D eigenvalue weighted by atomic mass is 127. The lowest BCUT2D eigenvalue weighted by atomic mass is 10.2. The van der Waals surface area contributed by atoms with Crippen LogP contribution in [0.15, 0.2) is 21.3 Å². The topological polar surface area (TPSA) is 88.2 Å². The molecule has 2 saturated heterocycles. The molecule has 2 aliphatic heterocycles. The lowest BCUT2D eigenvalue weighted by Crippen LogP contribution is -2.40. The third kappa shape index (κ3) is 5.54. The molecule has 2 aliphatic rings. The number of thiophene rings is 1. The van der Waals surface area contributed by atoms with Crippen molar-refractivity contribution < 1.29 is 13.2 Å². The molecule has 148 valence electrons. The molecular formula is C16H27IN4O3S2. The molecule has 3 rings (SSSR count). The van der Waals surface area contributed by atoms with Crippen molar-refractivity contribution in [3.8, 4) is 0 Å². The number of hydrogen-bond acceptors (Lipinski definition) is 5. The van der Waals surface area contributed by atoms with Gasteiger partial charge in [-0.2, -0.15) is 4.31 Å². The molecule has 0 amide bonds. The quantitative estimate of drug-likeness (QED) is 0.378. The highest BCUT2D eigenvalue weighted by Gasteiger charge is 2.27. The second-order valence-corrected chi connectivity index (χ2v) is 9.65. The maximum absolute atomic E-state index is 12.6. The molecule has 1 aromatic heterocycles. The molecule has 1 aromatic rings. The molecule has 7 nitrogen and oxygen atoms in total. The molecule has 0 saturated carbocycles. The van der Waals surface area contributed by atoms with E-state index in [1.54, 1.807) is 6.07 Å². The average Bonchev–Trinajstić information content (AvgIpc) is 2.95. The van der Waals surface area contributed by atoms with Gasteiger partial charge < -0.3 is 15.4 Å². The van der Waals surface area contributed by atoms with Crippen LogP contribution >= 0.6 is 35.3 Å². The Labute approximate surface area is 176 Å². The first-order chi connectivity index (χ1) is 12.1. The molecule has 0 aliphatic carbocycles. The number of aliphatic imine (C=N–C) groups is 1. The summed E-state index contributed by atoms with van der Waals surface area (Å²) in [5, 5.41) is 0. The highest BCUT2D eigenvalue weighted by Crippen LogP contribution is 2.26. The zero-order valence-electron chi connectivity index (χ0n) is 14.8. The third-order valence-corrected chi connectivity index (χ3v) is 7.96. The highest BCUT2D eigenvalue weighted by molar-refractivity contribution is 14.0. The zero-order valence-corrected chi connectivity index (χ0v) is 18.8. The summed E-state index contributed by atoms with van der Waals surface area (Å²) in [7, 11) is -3.42. The van der Waals surface area contributed by atoms with Gasteiger partial charge in [-0.1, -0.05) is 12.8 Å². The van der Waals surface area contributed by atoms with Gasteiger partial charge in [-0.3, -0.25) is 0 Å². The van der Waals surface area contributed by atoms with Crippen molar-refractivity contribution in [1.82, 2.24) is 9.21 Å². The van der Waals surface area contributed by atoms with Crippen LogP contribution in [0.1, 0.15) is 30.6 Å². The number of rotatable bonds is 4. The summed E-state index contributed by atoms with van der Waals surface area (Å²) in [6.45, 7) is 4.06. The minimum Gasteiger partial charge on any atom is -0.379 e. The Bertz CT molecular complexity index is 694. The molecule has 0 radical (unpaired) electrons. The second kappa shape index (κ2) is 10.2. The van der Waals surface area contributed by atoms with Gasteiger partial charge in [0.2, 0.25) is 0 Å². The van der Waals surface area contributed by atoms with E-state index in [2.05, 4.69) is 9.89 Å². The van der Waals surface area contributed by atoms with Gasteiger partial charge in [-0.05, 0) is 25.0 Å². The van der Waals surface area contributed by atoms with Gasteiger partial charge in [0, 0.05) is 31.1 Å². The van der Waals surface area contributed by atoms with E-state index in [9.17, 15) is 8.42 Å². The normalized spacial score (nSPS) is 20.5. The van der Waals surface area contributed by atoms with E-state index in [1.807, 2.05) is 6.07 Å². The number of ether oxygens (including phenoxy) is 1. The Morgan fingerprint density at radius 1 is 1.12 bits per heavy atom. The monoisotopic (exact) mass is 514 g/mol. The van der Waals surface area contributed by atoms with Crippen molar-refractivity contribution in [3.05, 3.63) is 17.0 Å². The molecule has 0 spiro atoms. The molecule has 0 unspecified atom stereocenters. The number of nitrogens with zero attached hydrogens (tertiary/aromatic N) is 3. The number of hydrogen-bond donors (Lipinski definition) is 1. The van der Waals surface area contributed by atoms with Gasteiger partial charge in [0.25, 0.3) is 10.0 Å². The summed E-state index contributed by atoms with van der Waals surface area (Å²) in [4.78, 5) is 7.51. The van der Waals surface area contributed by atoms with Crippen molar-refractivity contribution in [2.45, 2.75) is 36.4 Å². The average molecular weight is 514 g/mol. The fourth-order valence-electron chi connectivity index (χ4n) is 3.05. The fourth-order valence-corrected chi connectivity index (χ4v) is 5.90. The minimum absolute atomic E-state index is 0. The number of guanidine groups is 1. The first-order valence-corrected chi connectivity index (χ1v) is 11.0. The lowest BCUT2D eigenvalue weighted by molar-refractivity contribution is 0.0731. The Balaban J connectivity index is 0.00000243. The van der Waals surface area contributed by atoms with E-state index < -0.39 is 10.0 Å². The largest absolute Gasteiger partial charge is 0.379 e. The van der Waals surface area contributed by atoms with Crippen molar-refractivity contribution in [2.24, 2.45) is 10.7 Å². The molecule has 0 bridgehead atoms. The van der Waals surface area contributed by atoms with Crippen molar-refractivity contribution >= 4 is 51.3 Å². The van der Waals surface area contributed by atoms with Crippen LogP contribution in [0.5, 0.6) is 0 Å². The Morgan fingerprint density at radius 2 is 1.77 bits per heavy atom. The number of morpholine rings is 1. The molecule has 2 fully saturated rings. The van der Waals surface area contributed by atoms with Crippen LogP contribution < -0.4 is 5.73 Å². The summed E-state index contributed by atoms with van der Waals surface area (Å²) < 4.78 is 32.4. The van der Waals surface area contributed by atoms with Gasteiger partial charge in [-0.15, -0.1) is 35.3 Å². The van der Waals surface area contributed by atoms with E-state index in [0.717, 1.165) is 30.8 Å². The summed E-state index contributed by atoms with van der Waals surface area (Å²) in [6.07, 6.45) is 4.79. The predicted molar refractivity (Wildman–Crippen MR) is 115 cm³/mol. The van der Waals surface area contributed by atoms with Crippen LogP contribution in [0.4, 0.5) is 0 Å². The van der Waals surface area contributed by atoms with Crippen LogP contribution in [0.2, 0.25) is 0 Å². The SMILES string of the molecule is I.NC(=NCc1ccc(S(=O)(=O)N2CCOCC2)s1)N1CCCCCC1. The molecule has 10 heteroatoms. The summed E-state index contributed by atoms with van der Waals surface area (Å²) >= 11 is 1.27. The number of sulfonamides is 1. The minimum atomic E-state index is -3.42. The van der Waals surface area contributed by atoms with Gasteiger partial charge in [-0.25, -0.2) is 13.4 Å². The number of nitrogens with two attached hydrogens (primary N) is 1. The standard InChI is InChI=1S/C16H26N4O3S2.HI/c17-16(19-7-3-1-2-4-8-19)18-13-14-5-6-15(24-14)25(21,22)20-9-11-23-12-10-20;/h5-6H,1-4,7-13H2,(H2,17,18);1H. The van der Waals surface area contributed by atoms with Crippen molar-refractivity contribution in [3.63, 3.8) is 0 Å². The van der Waals surface area contributed by atoms with Crippen LogP contribution in [0.3, 0.4) is 0 Å². The predicted octanol–water partition coefficient (Wildman–Crippen LogP) is 2.08. The molecule has 3 heterocycles. The first kappa shape index (κ1) is 21.9. The fraction of sp³-hybridized carbons (Fsp3) is 0.688. The Hall–Kier alpha value is -0.430. The third-order valence-electron chi connectivity index (χ3n) is 4.53. The zero-order chi connectivity index (χ0) is 17.7. The van der Waals surface area contributed by atoms with Gasteiger partial charge >= 0.3 is 0 Å². The van der Waals surface area contributed by atoms with Gasteiger partial charge in [0.15, 0.2) is 5.96 Å². The van der Waals surface area contributed by atoms with Gasteiger partial charge in [0.1, 0.15) is 4.21 Å². The van der Waals surface area contributed by atoms with E-state index in [0.29, 0.717) is 43.0 Å². The Kier molecular flexibility index (Phi) is 8.58. The van der Waals surface area contributed by atoms with Crippen LogP contribution in [-0.4, -0.2) is 63.0 Å². The van der Waals surface area contributed by atoms with E-state index >= 15 is 0 Å². The summed E-state index contributed by atoms with van der Waals surface area (Å²) in [5.74, 6) is 0.563. The smallest absolute Gasteiger partial charge is 0.252 e. The molecule has 0 aromatic carbocycles. The molecular weight excluding hydrogens is 487 g/mol. The molecule has 2 N–H and O–H groups in total. The van der Waals surface area contributed by atoms with E-state index in [4.69, 9.17) is 10.5 Å². The van der Waals surface area contributed by atoms with E-state index in [1.165, 1.54) is 28.5 Å². The van der Waals surface area contributed by atoms with Gasteiger partial charge in [0.05, 0.1) is 19.8 Å². The van der Waals surface area contributed by atoms with Crippen molar-refractivity contribution in [2.75, 3.05) is 39.4 Å². The van der Waals surface area contributed by atoms with Crippen LogP contribution in [0.25, 0.3) is 0 Å². The molecule has 0 atom stereocenters. The lowest BCUT2D eigenvalue weighted by Gasteiger charge is -2.25. The van der Waals surface area contributed by atoms with Crippen LogP contribution in [0, 0.1) is 0 Å². The number of likely N-dealkylation sites (tertiary alicyclic amines) is 1. The Morgan fingerprint density at radius 3 is 2.42 bits per heavy atom.